The molecule has 1 atom stereocenters. The van der Waals surface area contributed by atoms with Gasteiger partial charge in [-0.3, -0.25) is 4.79 Å². The van der Waals surface area contributed by atoms with Gasteiger partial charge in [0.05, 0.1) is 20.3 Å². The first kappa shape index (κ1) is 20.3. The van der Waals surface area contributed by atoms with Crippen molar-refractivity contribution in [3.05, 3.63) is 53.6 Å². The number of carbonyl (C=O) groups excluding carboxylic acids is 1. The van der Waals surface area contributed by atoms with Crippen LogP contribution in [0.15, 0.2) is 42.5 Å². The van der Waals surface area contributed by atoms with Crippen LogP contribution in [0.4, 0.5) is 0 Å². The van der Waals surface area contributed by atoms with Gasteiger partial charge >= 0.3 is 0 Å². The van der Waals surface area contributed by atoms with Crippen LogP contribution in [0.25, 0.3) is 11.4 Å². The molecule has 29 heavy (non-hydrogen) atoms. The molecule has 3 rings (SSSR count). The fourth-order valence-corrected chi connectivity index (χ4v) is 2.99. The lowest BCUT2D eigenvalue weighted by atomic mass is 10.1. The standard InChI is InChI=1S/C21H25N5O3/c1-5-15-6-8-16(9-7-15)21-23-25-26(24-21)13-20(27)22-14(2)18-12-17(28-3)10-11-19(18)29-4/h6-12,14H,5,13H2,1-4H3,(H,22,27)/t14-/m1/s1. The minimum absolute atomic E-state index is 0.0311. The second-order valence-electron chi connectivity index (χ2n) is 6.59. The predicted molar refractivity (Wildman–Crippen MR) is 109 cm³/mol. The second-order valence-corrected chi connectivity index (χ2v) is 6.59. The van der Waals surface area contributed by atoms with Gasteiger partial charge in [0.2, 0.25) is 11.7 Å². The highest BCUT2D eigenvalue weighted by atomic mass is 16.5. The molecular formula is C21H25N5O3. The van der Waals surface area contributed by atoms with E-state index in [1.165, 1.54) is 10.4 Å². The number of rotatable bonds is 8. The van der Waals surface area contributed by atoms with Gasteiger partial charge in [-0.2, -0.15) is 4.80 Å². The molecule has 3 aromatic rings. The SMILES string of the molecule is CCc1ccc(-c2nnn(CC(=O)N[C@H](C)c3cc(OC)ccc3OC)n2)cc1. The number of aryl methyl sites for hydroxylation is 1. The van der Waals surface area contributed by atoms with E-state index in [0.29, 0.717) is 17.3 Å². The molecule has 8 nitrogen and oxygen atoms in total. The van der Waals surface area contributed by atoms with Gasteiger partial charge in [-0.05, 0) is 42.3 Å². The zero-order chi connectivity index (χ0) is 20.8. The molecule has 0 spiro atoms. The summed E-state index contributed by atoms with van der Waals surface area (Å²) in [6.07, 6.45) is 0.969. The Bertz CT molecular complexity index is 969. The van der Waals surface area contributed by atoms with Crippen LogP contribution in [0.1, 0.15) is 31.0 Å². The quantitative estimate of drug-likeness (QED) is 0.631. The highest BCUT2D eigenvalue weighted by Gasteiger charge is 2.16. The second kappa shape index (κ2) is 9.18. The Kier molecular flexibility index (Phi) is 6.43. The van der Waals surface area contributed by atoms with E-state index in [4.69, 9.17) is 9.47 Å². The van der Waals surface area contributed by atoms with E-state index in [-0.39, 0.29) is 18.5 Å². The topological polar surface area (TPSA) is 91.2 Å². The summed E-state index contributed by atoms with van der Waals surface area (Å²) in [5.74, 6) is 1.63. The van der Waals surface area contributed by atoms with Crippen molar-refractivity contribution in [2.75, 3.05) is 14.2 Å². The Morgan fingerprint density at radius 3 is 2.55 bits per heavy atom. The van der Waals surface area contributed by atoms with Crippen molar-refractivity contribution in [2.45, 2.75) is 32.9 Å². The van der Waals surface area contributed by atoms with Gasteiger partial charge < -0.3 is 14.8 Å². The average Bonchev–Trinajstić information content (AvgIpc) is 3.21. The molecule has 0 aliphatic carbocycles. The molecule has 0 bridgehead atoms. The van der Waals surface area contributed by atoms with Crippen LogP contribution in [0.2, 0.25) is 0 Å². The molecule has 1 aromatic heterocycles. The number of hydrogen-bond donors (Lipinski definition) is 1. The highest BCUT2D eigenvalue weighted by molar-refractivity contribution is 5.76. The average molecular weight is 395 g/mol. The van der Waals surface area contributed by atoms with Crippen molar-refractivity contribution in [2.24, 2.45) is 0 Å². The lowest BCUT2D eigenvalue weighted by molar-refractivity contribution is -0.122. The molecule has 1 N–H and O–H groups in total. The van der Waals surface area contributed by atoms with E-state index in [1.807, 2.05) is 49.4 Å². The molecule has 0 unspecified atom stereocenters. The zero-order valence-electron chi connectivity index (χ0n) is 17.0. The number of nitrogens with one attached hydrogen (secondary N) is 1. The van der Waals surface area contributed by atoms with E-state index < -0.39 is 0 Å². The largest absolute Gasteiger partial charge is 0.497 e. The molecule has 1 heterocycles. The van der Waals surface area contributed by atoms with Crippen molar-refractivity contribution in [1.82, 2.24) is 25.5 Å². The Labute approximate surface area is 169 Å². The van der Waals surface area contributed by atoms with Gasteiger partial charge in [0.15, 0.2) is 0 Å². The molecule has 0 radical (unpaired) electrons. The number of hydrogen-bond acceptors (Lipinski definition) is 6. The van der Waals surface area contributed by atoms with E-state index in [2.05, 4.69) is 27.7 Å². The summed E-state index contributed by atoms with van der Waals surface area (Å²) >= 11 is 0. The van der Waals surface area contributed by atoms with E-state index in [9.17, 15) is 4.79 Å². The smallest absolute Gasteiger partial charge is 0.244 e. The van der Waals surface area contributed by atoms with Crippen LogP contribution in [0.3, 0.4) is 0 Å². The normalized spacial score (nSPS) is 11.7. The molecule has 0 aliphatic heterocycles. The molecule has 8 heteroatoms. The van der Waals surface area contributed by atoms with Gasteiger partial charge in [0.1, 0.15) is 18.0 Å². The van der Waals surface area contributed by atoms with Gasteiger partial charge in [0, 0.05) is 11.1 Å². The fraction of sp³-hybridized carbons (Fsp3) is 0.333. The summed E-state index contributed by atoms with van der Waals surface area (Å²) < 4.78 is 10.7. The monoisotopic (exact) mass is 395 g/mol. The van der Waals surface area contributed by atoms with Crippen molar-refractivity contribution in [3.8, 4) is 22.9 Å². The summed E-state index contributed by atoms with van der Waals surface area (Å²) in [6, 6.07) is 13.2. The van der Waals surface area contributed by atoms with E-state index in [1.54, 1.807) is 14.2 Å². The Morgan fingerprint density at radius 1 is 1.14 bits per heavy atom. The number of ether oxygens (including phenoxy) is 2. The van der Waals surface area contributed by atoms with Gasteiger partial charge in [-0.15, -0.1) is 10.2 Å². The number of methoxy groups -OCH3 is 2. The zero-order valence-corrected chi connectivity index (χ0v) is 17.0. The van der Waals surface area contributed by atoms with E-state index in [0.717, 1.165) is 17.5 Å². The third-order valence-electron chi connectivity index (χ3n) is 4.64. The van der Waals surface area contributed by atoms with Crippen LogP contribution in [-0.2, 0) is 17.8 Å². The molecule has 1 amide bonds. The number of aromatic nitrogens is 4. The molecule has 0 aliphatic rings. The maximum atomic E-state index is 12.5. The maximum Gasteiger partial charge on any atom is 0.244 e. The number of benzene rings is 2. The fourth-order valence-electron chi connectivity index (χ4n) is 2.99. The Balaban J connectivity index is 1.66. The van der Waals surface area contributed by atoms with Gasteiger partial charge in [-0.1, -0.05) is 31.2 Å². The lowest BCUT2D eigenvalue weighted by Gasteiger charge is -2.18. The summed E-state index contributed by atoms with van der Waals surface area (Å²) in [5, 5.41) is 15.3. The molecule has 2 aromatic carbocycles. The van der Waals surface area contributed by atoms with Crippen LogP contribution in [0.5, 0.6) is 11.5 Å². The number of amides is 1. The summed E-state index contributed by atoms with van der Waals surface area (Å²) in [5.41, 5.74) is 2.93. The molecule has 152 valence electrons. The molecule has 0 fully saturated rings. The minimum Gasteiger partial charge on any atom is -0.497 e. The molecule has 0 saturated heterocycles. The van der Waals surface area contributed by atoms with Crippen molar-refractivity contribution in [3.63, 3.8) is 0 Å². The maximum absolute atomic E-state index is 12.5. The van der Waals surface area contributed by atoms with Crippen LogP contribution in [0, 0.1) is 0 Å². The third-order valence-corrected chi connectivity index (χ3v) is 4.64. The van der Waals surface area contributed by atoms with Crippen LogP contribution >= 0.6 is 0 Å². The Morgan fingerprint density at radius 2 is 1.90 bits per heavy atom. The van der Waals surface area contributed by atoms with Crippen molar-refractivity contribution >= 4 is 5.91 Å². The van der Waals surface area contributed by atoms with Crippen molar-refractivity contribution < 1.29 is 14.3 Å². The lowest BCUT2D eigenvalue weighted by Crippen LogP contribution is -2.31. The third kappa shape index (κ3) is 4.90. The van der Waals surface area contributed by atoms with Gasteiger partial charge in [-0.25, -0.2) is 0 Å². The minimum atomic E-state index is -0.280. The van der Waals surface area contributed by atoms with Crippen LogP contribution in [-0.4, -0.2) is 40.3 Å². The summed E-state index contributed by atoms with van der Waals surface area (Å²) in [4.78, 5) is 13.8. The molecular weight excluding hydrogens is 370 g/mol. The number of carbonyl (C=O) groups is 1. The van der Waals surface area contributed by atoms with E-state index >= 15 is 0 Å². The van der Waals surface area contributed by atoms with Crippen molar-refractivity contribution in [1.29, 1.82) is 0 Å². The first-order valence-electron chi connectivity index (χ1n) is 9.42. The first-order chi connectivity index (χ1) is 14.0. The summed E-state index contributed by atoms with van der Waals surface area (Å²) in [7, 11) is 3.19. The van der Waals surface area contributed by atoms with Crippen LogP contribution < -0.4 is 14.8 Å². The summed E-state index contributed by atoms with van der Waals surface area (Å²) in [6.45, 7) is 3.95. The first-order valence-corrected chi connectivity index (χ1v) is 9.42. The molecule has 0 saturated carbocycles. The number of tetrazole rings is 1. The Hall–Kier alpha value is -3.42. The van der Waals surface area contributed by atoms with Gasteiger partial charge in [0.25, 0.3) is 0 Å². The number of nitrogens with zero attached hydrogens (tertiary/aromatic N) is 4. The highest BCUT2D eigenvalue weighted by Crippen LogP contribution is 2.29. The predicted octanol–water partition coefficient (Wildman–Crippen LogP) is 2.80.